The maximum atomic E-state index is 11.2. The summed E-state index contributed by atoms with van der Waals surface area (Å²) in [6, 6.07) is 20.1. The second kappa shape index (κ2) is 7.85. The summed E-state index contributed by atoms with van der Waals surface area (Å²) in [6.07, 6.45) is 0.799. The Morgan fingerprint density at radius 2 is 1.43 bits per heavy atom. The van der Waals surface area contributed by atoms with Crippen LogP contribution in [-0.4, -0.2) is 18.9 Å². The van der Waals surface area contributed by atoms with Gasteiger partial charge in [-0.05, 0) is 11.1 Å². The Balaban J connectivity index is 2.12. The number of rotatable bonds is 5. The molecule has 0 bridgehead atoms. The fourth-order valence-corrected chi connectivity index (χ4v) is 1.97. The predicted molar refractivity (Wildman–Crippen MR) is 83.3 cm³/mol. The van der Waals surface area contributed by atoms with Crippen molar-refractivity contribution in [3.05, 3.63) is 71.8 Å². The van der Waals surface area contributed by atoms with Crippen LogP contribution in [0.15, 0.2) is 65.8 Å². The molecule has 0 aliphatic carbocycles. The van der Waals surface area contributed by atoms with E-state index in [1.54, 1.807) is 0 Å². The zero-order chi connectivity index (χ0) is 14.9. The third kappa shape index (κ3) is 5.10. The number of carbonyl (C=O) groups is 1. The van der Waals surface area contributed by atoms with Crippen LogP contribution in [0.3, 0.4) is 0 Å². The number of ether oxygens (including phenoxy) is 1. The number of hydrogen-bond donors (Lipinski definition) is 1. The van der Waals surface area contributed by atoms with Crippen LogP contribution in [0, 0.1) is 0 Å². The normalized spacial score (nSPS) is 9.76. The molecule has 4 nitrogen and oxygen atoms in total. The van der Waals surface area contributed by atoms with E-state index < -0.39 is 6.09 Å². The van der Waals surface area contributed by atoms with E-state index in [-0.39, 0.29) is 0 Å². The first-order valence-corrected chi connectivity index (χ1v) is 6.75. The second-order valence-corrected chi connectivity index (χ2v) is 4.61. The van der Waals surface area contributed by atoms with E-state index in [0.29, 0.717) is 12.8 Å². The van der Waals surface area contributed by atoms with E-state index in [1.807, 2.05) is 60.7 Å². The Morgan fingerprint density at radius 1 is 0.952 bits per heavy atom. The van der Waals surface area contributed by atoms with Crippen molar-refractivity contribution in [2.24, 2.45) is 5.10 Å². The number of hydrazone groups is 1. The molecule has 0 saturated heterocycles. The number of carbonyl (C=O) groups excluding carboxylic acids is 1. The summed E-state index contributed by atoms with van der Waals surface area (Å²) in [6.45, 7) is 0. The molecule has 21 heavy (non-hydrogen) atoms. The highest BCUT2D eigenvalue weighted by atomic mass is 16.5. The largest absolute Gasteiger partial charge is 0.452 e. The topological polar surface area (TPSA) is 50.7 Å². The maximum absolute atomic E-state index is 11.2. The van der Waals surface area contributed by atoms with Gasteiger partial charge in [0.2, 0.25) is 0 Å². The van der Waals surface area contributed by atoms with Crippen LogP contribution >= 0.6 is 0 Å². The predicted octanol–water partition coefficient (Wildman–Crippen LogP) is 3.18. The molecule has 0 saturated carbocycles. The van der Waals surface area contributed by atoms with Gasteiger partial charge in [-0.3, -0.25) is 0 Å². The average molecular weight is 282 g/mol. The van der Waals surface area contributed by atoms with Crippen molar-refractivity contribution in [1.29, 1.82) is 0 Å². The van der Waals surface area contributed by atoms with Gasteiger partial charge in [-0.25, -0.2) is 10.2 Å². The molecule has 2 rings (SSSR count). The molecule has 0 aliphatic rings. The molecule has 0 aliphatic heterocycles. The van der Waals surface area contributed by atoms with E-state index in [1.165, 1.54) is 7.11 Å². The van der Waals surface area contributed by atoms with Crippen LogP contribution in [0.1, 0.15) is 11.1 Å². The summed E-state index contributed by atoms with van der Waals surface area (Å²) in [5, 5.41) is 4.18. The van der Waals surface area contributed by atoms with E-state index >= 15 is 0 Å². The third-order valence-electron chi connectivity index (χ3n) is 2.99. The quantitative estimate of drug-likeness (QED) is 0.676. The molecule has 2 aromatic carbocycles. The standard InChI is InChI=1S/C17H18N2O2/c1-21-17(20)19-18-16(12-14-8-4-2-5-9-14)13-15-10-6-3-7-11-15/h2-11H,12-13H2,1H3,(H,19,20). The number of nitrogens with zero attached hydrogens (tertiary/aromatic N) is 1. The van der Waals surface area contributed by atoms with Crippen molar-refractivity contribution in [2.75, 3.05) is 7.11 Å². The fraction of sp³-hybridized carbons (Fsp3) is 0.176. The van der Waals surface area contributed by atoms with Gasteiger partial charge < -0.3 is 4.74 Å². The smallest absolute Gasteiger partial charge is 0.427 e. The molecule has 0 spiro atoms. The van der Waals surface area contributed by atoms with Crippen molar-refractivity contribution in [3.8, 4) is 0 Å². The maximum Gasteiger partial charge on any atom is 0.427 e. The first-order valence-electron chi connectivity index (χ1n) is 6.75. The van der Waals surface area contributed by atoms with Gasteiger partial charge >= 0.3 is 6.09 Å². The molecular formula is C17H18N2O2. The van der Waals surface area contributed by atoms with Gasteiger partial charge in [-0.15, -0.1) is 0 Å². The monoisotopic (exact) mass is 282 g/mol. The van der Waals surface area contributed by atoms with Crippen LogP contribution < -0.4 is 5.43 Å². The summed E-state index contributed by atoms with van der Waals surface area (Å²) >= 11 is 0. The van der Waals surface area contributed by atoms with Crippen LogP contribution in [0.4, 0.5) is 4.79 Å². The minimum Gasteiger partial charge on any atom is -0.452 e. The molecule has 4 heteroatoms. The van der Waals surface area contributed by atoms with E-state index in [0.717, 1.165) is 16.8 Å². The van der Waals surface area contributed by atoms with Crippen molar-refractivity contribution in [2.45, 2.75) is 12.8 Å². The van der Waals surface area contributed by atoms with Crippen molar-refractivity contribution in [1.82, 2.24) is 5.43 Å². The van der Waals surface area contributed by atoms with Crippen molar-refractivity contribution >= 4 is 11.8 Å². The van der Waals surface area contributed by atoms with Gasteiger partial charge in [-0.1, -0.05) is 60.7 Å². The molecule has 0 fully saturated rings. The second-order valence-electron chi connectivity index (χ2n) is 4.61. The number of nitrogens with one attached hydrogen (secondary N) is 1. The number of hydrogen-bond acceptors (Lipinski definition) is 3. The summed E-state index contributed by atoms with van der Waals surface area (Å²) in [5.41, 5.74) is 5.58. The molecule has 108 valence electrons. The van der Waals surface area contributed by atoms with Crippen LogP contribution in [-0.2, 0) is 17.6 Å². The molecule has 2 aromatic rings. The number of benzene rings is 2. The molecule has 0 heterocycles. The average Bonchev–Trinajstić information content (AvgIpc) is 2.54. The Bertz CT molecular complexity index is 551. The number of amides is 1. The lowest BCUT2D eigenvalue weighted by atomic mass is 10.0. The van der Waals surface area contributed by atoms with Crippen molar-refractivity contribution in [3.63, 3.8) is 0 Å². The lowest BCUT2D eigenvalue weighted by Crippen LogP contribution is -2.21. The van der Waals surface area contributed by atoms with Crippen LogP contribution in [0.25, 0.3) is 0 Å². The van der Waals surface area contributed by atoms with Gasteiger partial charge in [0.05, 0.1) is 7.11 Å². The lowest BCUT2D eigenvalue weighted by Gasteiger charge is -2.07. The Labute approximate surface area is 124 Å². The SMILES string of the molecule is COC(=O)NN=C(Cc1ccccc1)Cc1ccccc1. The highest BCUT2D eigenvalue weighted by Crippen LogP contribution is 2.07. The highest BCUT2D eigenvalue weighted by Gasteiger charge is 2.05. The highest BCUT2D eigenvalue weighted by molar-refractivity contribution is 5.89. The van der Waals surface area contributed by atoms with E-state index in [2.05, 4.69) is 15.3 Å². The summed E-state index contributed by atoms with van der Waals surface area (Å²) in [7, 11) is 1.32. The van der Waals surface area contributed by atoms with Gasteiger partial charge in [0.1, 0.15) is 0 Å². The van der Waals surface area contributed by atoms with Gasteiger partial charge in [0.15, 0.2) is 0 Å². The molecule has 0 unspecified atom stereocenters. The van der Waals surface area contributed by atoms with E-state index in [9.17, 15) is 4.79 Å². The molecular weight excluding hydrogens is 264 g/mol. The minimum atomic E-state index is -0.561. The third-order valence-corrected chi connectivity index (χ3v) is 2.99. The zero-order valence-electron chi connectivity index (χ0n) is 12.0. The Kier molecular flexibility index (Phi) is 5.52. The van der Waals surface area contributed by atoms with Crippen molar-refractivity contribution < 1.29 is 9.53 Å². The van der Waals surface area contributed by atoms with Crippen LogP contribution in [0.5, 0.6) is 0 Å². The van der Waals surface area contributed by atoms with Gasteiger partial charge in [0, 0.05) is 18.6 Å². The summed E-state index contributed by atoms with van der Waals surface area (Å²) in [5.74, 6) is 0. The molecule has 1 N–H and O–H groups in total. The summed E-state index contributed by atoms with van der Waals surface area (Å²) in [4.78, 5) is 11.2. The van der Waals surface area contributed by atoms with E-state index in [4.69, 9.17) is 0 Å². The Morgan fingerprint density at radius 3 is 1.86 bits per heavy atom. The van der Waals surface area contributed by atoms with Gasteiger partial charge in [-0.2, -0.15) is 5.10 Å². The fourth-order valence-electron chi connectivity index (χ4n) is 1.97. The lowest BCUT2D eigenvalue weighted by molar-refractivity contribution is 0.171. The Hall–Kier alpha value is -2.62. The molecule has 0 radical (unpaired) electrons. The molecule has 1 amide bonds. The van der Waals surface area contributed by atoms with Crippen LogP contribution in [0.2, 0.25) is 0 Å². The first kappa shape index (κ1) is 14.8. The first-order chi connectivity index (χ1) is 10.3. The molecule has 0 atom stereocenters. The number of methoxy groups -OCH3 is 1. The summed E-state index contributed by atoms with van der Waals surface area (Å²) < 4.78 is 4.54. The minimum absolute atomic E-state index is 0.561. The van der Waals surface area contributed by atoms with Gasteiger partial charge in [0.25, 0.3) is 0 Å². The molecule has 0 aromatic heterocycles. The zero-order valence-corrected chi connectivity index (χ0v) is 12.0.